The van der Waals surface area contributed by atoms with Gasteiger partial charge in [0.05, 0.1) is 24.4 Å². The number of likely N-dealkylation sites (N-methyl/N-ethyl adjacent to an activating group) is 1. The molecule has 4 nitrogen and oxygen atoms in total. The minimum absolute atomic E-state index is 0.0927. The summed E-state index contributed by atoms with van der Waals surface area (Å²) in [6.07, 6.45) is 1.48. The Morgan fingerprint density at radius 3 is 2.89 bits per heavy atom. The zero-order chi connectivity index (χ0) is 13.0. The summed E-state index contributed by atoms with van der Waals surface area (Å²) in [5.74, 6) is 0.253. The SMILES string of the molecule is CN(CC(=O)c1ccco1)c1cccc(C#N)c1. The first kappa shape index (κ1) is 11.9. The summed E-state index contributed by atoms with van der Waals surface area (Å²) in [5, 5.41) is 8.83. The zero-order valence-electron chi connectivity index (χ0n) is 9.96. The van der Waals surface area contributed by atoms with Gasteiger partial charge in [-0.2, -0.15) is 5.26 Å². The van der Waals surface area contributed by atoms with E-state index in [0.29, 0.717) is 11.3 Å². The van der Waals surface area contributed by atoms with Crippen LogP contribution in [0.3, 0.4) is 0 Å². The number of nitrogens with zero attached hydrogens (tertiary/aromatic N) is 2. The fourth-order valence-corrected chi connectivity index (χ4v) is 1.63. The maximum Gasteiger partial charge on any atom is 0.217 e. The van der Waals surface area contributed by atoms with E-state index in [-0.39, 0.29) is 12.3 Å². The summed E-state index contributed by atoms with van der Waals surface area (Å²) in [4.78, 5) is 13.6. The van der Waals surface area contributed by atoms with E-state index in [4.69, 9.17) is 9.68 Å². The third kappa shape index (κ3) is 2.58. The van der Waals surface area contributed by atoms with E-state index in [2.05, 4.69) is 6.07 Å². The molecule has 0 aliphatic carbocycles. The van der Waals surface area contributed by atoms with Crippen LogP contribution in [0, 0.1) is 11.3 Å². The van der Waals surface area contributed by atoms with Crippen molar-refractivity contribution in [2.45, 2.75) is 0 Å². The summed E-state index contributed by atoms with van der Waals surface area (Å²) < 4.78 is 5.05. The average molecular weight is 240 g/mol. The molecule has 0 unspecified atom stereocenters. The van der Waals surface area contributed by atoms with Crippen LogP contribution < -0.4 is 4.90 Å². The lowest BCUT2D eigenvalue weighted by Crippen LogP contribution is -2.25. The highest BCUT2D eigenvalue weighted by Gasteiger charge is 2.12. The van der Waals surface area contributed by atoms with Gasteiger partial charge in [-0.25, -0.2) is 0 Å². The van der Waals surface area contributed by atoms with Gasteiger partial charge in [-0.15, -0.1) is 0 Å². The Labute approximate surface area is 105 Å². The number of benzene rings is 1. The largest absolute Gasteiger partial charge is 0.461 e. The molecule has 0 N–H and O–H groups in total. The summed E-state index contributed by atoms with van der Waals surface area (Å²) in [5.41, 5.74) is 1.40. The Kier molecular flexibility index (Phi) is 3.44. The van der Waals surface area contributed by atoms with Crippen LogP contribution in [0.25, 0.3) is 0 Å². The van der Waals surface area contributed by atoms with Gasteiger partial charge in [0.2, 0.25) is 5.78 Å². The molecule has 1 aromatic heterocycles. The predicted molar refractivity (Wildman–Crippen MR) is 67.5 cm³/mol. The Hall–Kier alpha value is -2.54. The number of nitriles is 1. The predicted octanol–water partition coefficient (Wildman–Crippen LogP) is 2.47. The first-order valence-electron chi connectivity index (χ1n) is 5.48. The molecule has 0 aliphatic rings. The molecular weight excluding hydrogens is 228 g/mol. The van der Waals surface area contributed by atoms with E-state index < -0.39 is 0 Å². The van der Waals surface area contributed by atoms with E-state index in [9.17, 15) is 4.79 Å². The topological polar surface area (TPSA) is 57.2 Å². The van der Waals surface area contributed by atoms with Gasteiger partial charge in [-0.1, -0.05) is 6.07 Å². The first-order valence-corrected chi connectivity index (χ1v) is 5.48. The quantitative estimate of drug-likeness (QED) is 0.770. The number of hydrogen-bond acceptors (Lipinski definition) is 4. The highest BCUT2D eigenvalue weighted by atomic mass is 16.3. The molecule has 0 saturated heterocycles. The molecule has 18 heavy (non-hydrogen) atoms. The Balaban J connectivity index is 2.10. The normalized spacial score (nSPS) is 9.78. The molecule has 0 amide bonds. The number of anilines is 1. The average Bonchev–Trinajstić information content (AvgIpc) is 2.92. The molecule has 0 radical (unpaired) electrons. The number of carbonyl (C=O) groups is 1. The van der Waals surface area contributed by atoms with Gasteiger partial charge < -0.3 is 9.32 Å². The van der Waals surface area contributed by atoms with Gasteiger partial charge >= 0.3 is 0 Å². The van der Waals surface area contributed by atoms with Gasteiger partial charge in [-0.05, 0) is 30.3 Å². The van der Waals surface area contributed by atoms with Crippen LogP contribution in [0.15, 0.2) is 47.1 Å². The molecule has 0 bridgehead atoms. The van der Waals surface area contributed by atoms with E-state index in [0.717, 1.165) is 5.69 Å². The summed E-state index contributed by atoms with van der Waals surface area (Å²) in [6, 6.07) is 12.5. The molecular formula is C14H12N2O2. The summed E-state index contributed by atoms with van der Waals surface area (Å²) in [6.45, 7) is 0.211. The number of Topliss-reactive ketones (excluding diaryl/α,β-unsaturated/α-hetero) is 1. The van der Waals surface area contributed by atoms with Gasteiger partial charge in [0.1, 0.15) is 0 Å². The van der Waals surface area contributed by atoms with Crippen molar-refractivity contribution in [2.24, 2.45) is 0 Å². The van der Waals surface area contributed by atoms with Crippen LogP contribution in [0.5, 0.6) is 0 Å². The lowest BCUT2D eigenvalue weighted by molar-refractivity contribution is 0.0974. The third-order valence-corrected chi connectivity index (χ3v) is 2.59. The number of hydrogen-bond donors (Lipinski definition) is 0. The maximum atomic E-state index is 11.8. The number of carbonyl (C=O) groups excluding carboxylic acids is 1. The summed E-state index contributed by atoms with van der Waals surface area (Å²) >= 11 is 0. The van der Waals surface area contributed by atoms with Gasteiger partial charge in [0, 0.05) is 12.7 Å². The first-order chi connectivity index (χ1) is 8.70. The van der Waals surface area contributed by atoms with Crippen molar-refractivity contribution in [3.63, 3.8) is 0 Å². The highest BCUT2D eigenvalue weighted by Crippen LogP contribution is 2.15. The fraction of sp³-hybridized carbons (Fsp3) is 0.143. The van der Waals surface area contributed by atoms with Crippen LogP contribution in [0.1, 0.15) is 16.1 Å². The number of rotatable bonds is 4. The van der Waals surface area contributed by atoms with Gasteiger partial charge in [0.15, 0.2) is 5.76 Å². The smallest absolute Gasteiger partial charge is 0.217 e. The molecule has 0 spiro atoms. The van der Waals surface area contributed by atoms with Crippen molar-refractivity contribution in [1.82, 2.24) is 0 Å². The van der Waals surface area contributed by atoms with Crippen molar-refractivity contribution in [3.8, 4) is 6.07 Å². The van der Waals surface area contributed by atoms with Crippen molar-refractivity contribution >= 4 is 11.5 Å². The monoisotopic (exact) mass is 240 g/mol. The Morgan fingerprint density at radius 2 is 2.22 bits per heavy atom. The van der Waals surface area contributed by atoms with Crippen molar-refractivity contribution in [1.29, 1.82) is 5.26 Å². The molecule has 2 aromatic rings. The Morgan fingerprint density at radius 1 is 1.39 bits per heavy atom. The van der Waals surface area contributed by atoms with E-state index in [1.54, 1.807) is 42.3 Å². The third-order valence-electron chi connectivity index (χ3n) is 2.59. The second kappa shape index (κ2) is 5.19. The highest BCUT2D eigenvalue weighted by molar-refractivity contribution is 5.96. The van der Waals surface area contributed by atoms with Gasteiger partial charge in [-0.3, -0.25) is 4.79 Å². The minimum atomic E-state index is -0.0927. The molecule has 2 rings (SSSR count). The van der Waals surface area contributed by atoms with E-state index in [1.807, 2.05) is 6.07 Å². The van der Waals surface area contributed by atoms with Crippen molar-refractivity contribution < 1.29 is 9.21 Å². The standard InChI is InChI=1S/C14H12N2O2/c1-16(10-13(17)14-6-3-7-18-14)12-5-2-4-11(8-12)9-15/h2-8H,10H2,1H3. The summed E-state index contributed by atoms with van der Waals surface area (Å²) in [7, 11) is 1.80. The van der Waals surface area contributed by atoms with Gasteiger partial charge in [0.25, 0.3) is 0 Å². The van der Waals surface area contributed by atoms with Crippen LogP contribution in [-0.2, 0) is 0 Å². The molecule has 4 heteroatoms. The second-order valence-corrected chi connectivity index (χ2v) is 3.92. The van der Waals surface area contributed by atoms with Crippen LogP contribution in [-0.4, -0.2) is 19.4 Å². The van der Waals surface area contributed by atoms with Crippen LogP contribution in [0.2, 0.25) is 0 Å². The van der Waals surface area contributed by atoms with Crippen molar-refractivity contribution in [3.05, 3.63) is 54.0 Å². The second-order valence-electron chi connectivity index (χ2n) is 3.92. The van der Waals surface area contributed by atoms with E-state index in [1.165, 1.54) is 6.26 Å². The molecule has 0 aliphatic heterocycles. The Bertz CT molecular complexity index is 582. The molecule has 1 aromatic carbocycles. The van der Waals surface area contributed by atoms with Crippen LogP contribution in [0.4, 0.5) is 5.69 Å². The van der Waals surface area contributed by atoms with Crippen LogP contribution >= 0.6 is 0 Å². The minimum Gasteiger partial charge on any atom is -0.461 e. The molecule has 0 saturated carbocycles. The maximum absolute atomic E-state index is 11.8. The number of furan rings is 1. The lowest BCUT2D eigenvalue weighted by Gasteiger charge is -2.17. The molecule has 0 atom stereocenters. The zero-order valence-corrected chi connectivity index (χ0v) is 9.96. The fourth-order valence-electron chi connectivity index (χ4n) is 1.63. The number of ketones is 1. The van der Waals surface area contributed by atoms with Crippen molar-refractivity contribution in [2.75, 3.05) is 18.5 Å². The molecule has 90 valence electrons. The van der Waals surface area contributed by atoms with E-state index >= 15 is 0 Å². The molecule has 0 fully saturated rings. The lowest BCUT2D eigenvalue weighted by atomic mass is 10.2. The molecule has 1 heterocycles.